The summed E-state index contributed by atoms with van der Waals surface area (Å²) in [6.07, 6.45) is 1.38. The molecule has 2 rings (SSSR count). The Hall–Kier alpha value is 0.650. The zero-order valence-corrected chi connectivity index (χ0v) is 9.28. The SMILES string of the molecule is CC(C)N1CC2C1CCN2I. The van der Waals surface area contributed by atoms with Gasteiger partial charge >= 0.3 is 0 Å². The first-order valence-corrected chi connectivity index (χ1v) is 5.35. The van der Waals surface area contributed by atoms with E-state index >= 15 is 0 Å². The van der Waals surface area contributed by atoms with Crippen molar-refractivity contribution in [1.82, 2.24) is 8.01 Å². The molecule has 0 radical (unpaired) electrons. The Morgan fingerprint density at radius 1 is 1.36 bits per heavy atom. The van der Waals surface area contributed by atoms with Gasteiger partial charge in [0.2, 0.25) is 0 Å². The van der Waals surface area contributed by atoms with Crippen molar-refractivity contribution in [2.45, 2.75) is 38.4 Å². The summed E-state index contributed by atoms with van der Waals surface area (Å²) in [5, 5.41) is 0. The van der Waals surface area contributed by atoms with Crippen LogP contribution in [0.2, 0.25) is 0 Å². The first-order valence-electron chi connectivity index (χ1n) is 4.38. The quantitative estimate of drug-likeness (QED) is 0.524. The van der Waals surface area contributed by atoms with Crippen LogP contribution in [-0.4, -0.2) is 39.2 Å². The maximum absolute atomic E-state index is 2.61. The molecule has 0 saturated carbocycles. The van der Waals surface area contributed by atoms with Gasteiger partial charge in [-0.15, -0.1) is 0 Å². The number of nitrogens with zero attached hydrogens (tertiary/aromatic N) is 2. The third-order valence-electron chi connectivity index (χ3n) is 2.93. The summed E-state index contributed by atoms with van der Waals surface area (Å²) < 4.78 is 2.47. The lowest BCUT2D eigenvalue weighted by molar-refractivity contribution is 0.0271. The molecule has 64 valence electrons. The number of halogens is 1. The number of hydrogen-bond donors (Lipinski definition) is 0. The molecule has 0 aromatic heterocycles. The van der Waals surface area contributed by atoms with E-state index in [0.717, 1.165) is 18.1 Å². The number of hydrogen-bond acceptors (Lipinski definition) is 2. The second kappa shape index (κ2) is 2.85. The van der Waals surface area contributed by atoms with Crippen molar-refractivity contribution in [2.24, 2.45) is 0 Å². The number of rotatable bonds is 1. The Morgan fingerprint density at radius 3 is 2.64 bits per heavy atom. The molecule has 2 unspecified atom stereocenters. The second-order valence-corrected chi connectivity index (χ2v) is 5.08. The fourth-order valence-corrected chi connectivity index (χ4v) is 3.03. The lowest BCUT2D eigenvalue weighted by atomic mass is 9.96. The molecular formula is C8H15IN2. The Bertz CT molecular complexity index is 160. The van der Waals surface area contributed by atoms with Crippen LogP contribution in [0.15, 0.2) is 0 Å². The minimum atomic E-state index is 0.749. The van der Waals surface area contributed by atoms with Gasteiger partial charge in [0.15, 0.2) is 0 Å². The molecule has 0 spiro atoms. The van der Waals surface area contributed by atoms with Gasteiger partial charge in [0.25, 0.3) is 0 Å². The monoisotopic (exact) mass is 266 g/mol. The van der Waals surface area contributed by atoms with Crippen LogP contribution in [0.5, 0.6) is 0 Å². The summed E-state index contributed by atoms with van der Waals surface area (Å²) in [5.41, 5.74) is 0. The second-order valence-electron chi connectivity index (χ2n) is 3.84. The van der Waals surface area contributed by atoms with Crippen molar-refractivity contribution in [3.8, 4) is 0 Å². The molecule has 0 aliphatic carbocycles. The Labute approximate surface area is 82.4 Å². The van der Waals surface area contributed by atoms with E-state index in [1.165, 1.54) is 19.5 Å². The van der Waals surface area contributed by atoms with Crippen molar-refractivity contribution in [3.63, 3.8) is 0 Å². The van der Waals surface area contributed by atoms with Crippen molar-refractivity contribution in [1.29, 1.82) is 0 Å². The standard InChI is InChI=1S/C8H15IN2/c1-6(2)10-5-8-7(10)3-4-11(8)9/h6-8H,3-5H2,1-2H3. The lowest BCUT2D eigenvalue weighted by Gasteiger charge is -2.48. The molecule has 0 bridgehead atoms. The van der Waals surface area contributed by atoms with Crippen molar-refractivity contribution in [3.05, 3.63) is 0 Å². The third-order valence-corrected chi connectivity index (χ3v) is 4.13. The molecule has 2 aliphatic heterocycles. The van der Waals surface area contributed by atoms with Crippen molar-refractivity contribution < 1.29 is 0 Å². The van der Waals surface area contributed by atoms with Crippen LogP contribution in [0.1, 0.15) is 20.3 Å². The first kappa shape index (κ1) is 8.26. The summed E-state index contributed by atoms with van der Waals surface area (Å²) in [5.74, 6) is 0. The van der Waals surface area contributed by atoms with E-state index < -0.39 is 0 Å². The average molecular weight is 266 g/mol. The normalized spacial score (nSPS) is 39.3. The lowest BCUT2D eigenvalue weighted by Crippen LogP contribution is -2.62. The molecule has 0 aromatic carbocycles. The van der Waals surface area contributed by atoms with Gasteiger partial charge in [-0.1, -0.05) is 0 Å². The van der Waals surface area contributed by atoms with Crippen molar-refractivity contribution >= 4 is 22.9 Å². The Balaban J connectivity index is 1.96. The van der Waals surface area contributed by atoms with Gasteiger partial charge in [0, 0.05) is 54.1 Å². The maximum atomic E-state index is 2.61. The van der Waals surface area contributed by atoms with Crippen LogP contribution < -0.4 is 0 Å². The minimum absolute atomic E-state index is 0.749. The topological polar surface area (TPSA) is 6.48 Å². The van der Waals surface area contributed by atoms with Crippen molar-refractivity contribution in [2.75, 3.05) is 13.1 Å². The highest BCUT2D eigenvalue weighted by molar-refractivity contribution is 14.1. The van der Waals surface area contributed by atoms with Gasteiger partial charge in [-0.05, 0) is 20.3 Å². The largest absolute Gasteiger partial charge is 0.295 e. The third kappa shape index (κ3) is 1.21. The van der Waals surface area contributed by atoms with E-state index in [1.807, 2.05) is 0 Å². The van der Waals surface area contributed by atoms with Gasteiger partial charge in [-0.2, -0.15) is 0 Å². The molecule has 3 heteroatoms. The molecule has 2 atom stereocenters. The van der Waals surface area contributed by atoms with E-state index in [2.05, 4.69) is 44.7 Å². The predicted octanol–water partition coefficient (Wildman–Crippen LogP) is 1.50. The number of likely N-dealkylation sites (tertiary alicyclic amines) is 1. The molecular weight excluding hydrogens is 251 g/mol. The van der Waals surface area contributed by atoms with Gasteiger partial charge < -0.3 is 0 Å². The fraction of sp³-hybridized carbons (Fsp3) is 1.00. The molecule has 0 aromatic rings. The van der Waals surface area contributed by atoms with Gasteiger partial charge in [0.05, 0.1) is 0 Å². The summed E-state index contributed by atoms with van der Waals surface area (Å²) in [4.78, 5) is 2.61. The van der Waals surface area contributed by atoms with Gasteiger partial charge in [-0.3, -0.25) is 4.90 Å². The van der Waals surface area contributed by atoms with E-state index in [0.29, 0.717) is 0 Å². The smallest absolute Gasteiger partial charge is 0.0477 e. The molecule has 11 heavy (non-hydrogen) atoms. The van der Waals surface area contributed by atoms with E-state index in [9.17, 15) is 0 Å². The summed E-state index contributed by atoms with van der Waals surface area (Å²) in [6.45, 7) is 7.18. The summed E-state index contributed by atoms with van der Waals surface area (Å²) >= 11 is 2.46. The molecule has 0 amide bonds. The van der Waals surface area contributed by atoms with E-state index in [1.54, 1.807) is 0 Å². The van der Waals surface area contributed by atoms with Crippen LogP contribution >= 0.6 is 22.9 Å². The minimum Gasteiger partial charge on any atom is -0.295 e. The maximum Gasteiger partial charge on any atom is 0.0477 e. The molecule has 0 N–H and O–H groups in total. The highest BCUT2D eigenvalue weighted by Gasteiger charge is 2.46. The first-order chi connectivity index (χ1) is 5.20. The van der Waals surface area contributed by atoms with E-state index in [-0.39, 0.29) is 0 Å². The summed E-state index contributed by atoms with van der Waals surface area (Å²) in [6, 6.07) is 2.50. The van der Waals surface area contributed by atoms with Crippen LogP contribution in [0, 0.1) is 0 Å². The summed E-state index contributed by atoms with van der Waals surface area (Å²) in [7, 11) is 0. The molecule has 2 aliphatic rings. The van der Waals surface area contributed by atoms with Crippen LogP contribution in [-0.2, 0) is 0 Å². The van der Waals surface area contributed by atoms with Crippen LogP contribution in [0.3, 0.4) is 0 Å². The fourth-order valence-electron chi connectivity index (χ4n) is 2.20. The van der Waals surface area contributed by atoms with E-state index in [4.69, 9.17) is 0 Å². The highest BCUT2D eigenvalue weighted by atomic mass is 127. The predicted molar refractivity (Wildman–Crippen MR) is 54.8 cm³/mol. The molecule has 2 fully saturated rings. The van der Waals surface area contributed by atoms with Crippen LogP contribution in [0.25, 0.3) is 0 Å². The highest BCUT2D eigenvalue weighted by Crippen LogP contribution is 2.35. The van der Waals surface area contributed by atoms with Gasteiger partial charge in [0.1, 0.15) is 0 Å². The van der Waals surface area contributed by atoms with Gasteiger partial charge in [-0.25, -0.2) is 3.11 Å². The Kier molecular flexibility index (Phi) is 2.14. The number of fused-ring (bicyclic) bond motifs is 1. The molecule has 2 saturated heterocycles. The molecule has 2 nitrogen and oxygen atoms in total. The zero-order chi connectivity index (χ0) is 8.01. The zero-order valence-electron chi connectivity index (χ0n) is 7.13. The van der Waals surface area contributed by atoms with Crippen LogP contribution in [0.4, 0.5) is 0 Å². The average Bonchev–Trinajstić information content (AvgIpc) is 2.06. The molecule has 2 heterocycles. The Morgan fingerprint density at radius 2 is 2.09 bits per heavy atom.